The van der Waals surface area contributed by atoms with Gasteiger partial charge >= 0.3 is 5.97 Å². The maximum absolute atomic E-state index is 12.7. The Kier molecular flexibility index (Phi) is 8.10. The number of nitrogens with zero attached hydrogens (tertiary/aromatic N) is 1. The van der Waals surface area contributed by atoms with E-state index in [9.17, 15) is 9.59 Å². The summed E-state index contributed by atoms with van der Waals surface area (Å²) in [7, 11) is 4.39. The van der Waals surface area contributed by atoms with Crippen LogP contribution in [0.5, 0.6) is 23.0 Å². The summed E-state index contributed by atoms with van der Waals surface area (Å²) in [4.78, 5) is 25.0. The van der Waals surface area contributed by atoms with E-state index in [1.807, 2.05) is 6.92 Å². The number of ether oxygens (including phenoxy) is 4. The number of hydrogen-bond donors (Lipinski definition) is 1. The Hall–Kier alpha value is -4.04. The summed E-state index contributed by atoms with van der Waals surface area (Å²) in [6, 6.07) is 14.8. The Bertz CT molecular complexity index is 1220. The number of halogens is 1. The smallest absolute Gasteiger partial charge is 0.343 e. The number of esters is 1. The highest BCUT2D eigenvalue weighted by Gasteiger charge is 2.18. The normalized spacial score (nSPS) is 10.6. The van der Waals surface area contributed by atoms with Crippen LogP contribution in [0.3, 0.4) is 0 Å². The number of carbonyl (C=O) groups excluding carboxylic acids is 2. The molecule has 3 aromatic rings. The van der Waals surface area contributed by atoms with Crippen LogP contribution < -0.4 is 24.4 Å². The molecule has 0 saturated heterocycles. The summed E-state index contributed by atoms with van der Waals surface area (Å²) in [5.74, 6) is 0.268. The minimum Gasteiger partial charge on any atom is -0.493 e. The molecule has 3 rings (SSSR count). The van der Waals surface area contributed by atoms with Crippen molar-refractivity contribution >= 4 is 29.7 Å². The van der Waals surface area contributed by atoms with Crippen molar-refractivity contribution in [2.24, 2.45) is 5.10 Å². The van der Waals surface area contributed by atoms with Gasteiger partial charge in [-0.2, -0.15) is 5.10 Å². The summed E-state index contributed by atoms with van der Waals surface area (Å²) in [5, 5.41) is 4.29. The van der Waals surface area contributed by atoms with Gasteiger partial charge in [-0.15, -0.1) is 0 Å². The molecule has 0 heterocycles. The van der Waals surface area contributed by atoms with Crippen molar-refractivity contribution in [3.8, 4) is 23.0 Å². The van der Waals surface area contributed by atoms with Crippen LogP contribution in [-0.4, -0.2) is 39.4 Å². The fourth-order valence-corrected chi connectivity index (χ4v) is 3.37. The number of hydrogen-bond acceptors (Lipinski definition) is 7. The molecule has 1 N–H and O–H groups in total. The number of methoxy groups -OCH3 is 3. The minimum atomic E-state index is -0.615. The van der Waals surface area contributed by atoms with E-state index in [1.54, 1.807) is 42.5 Å². The minimum absolute atomic E-state index is 0.218. The lowest BCUT2D eigenvalue weighted by molar-refractivity contribution is 0.0733. The van der Waals surface area contributed by atoms with E-state index >= 15 is 0 Å². The summed E-state index contributed by atoms with van der Waals surface area (Å²) >= 11 is 6.11. The Morgan fingerprint density at radius 2 is 1.65 bits per heavy atom. The topological polar surface area (TPSA) is 95.5 Å². The third-order valence-corrected chi connectivity index (χ3v) is 5.03. The third-order valence-electron chi connectivity index (χ3n) is 4.72. The molecular weight excluding hydrogens is 460 g/mol. The molecule has 0 aliphatic heterocycles. The number of aryl methyl sites for hydroxylation is 1. The Balaban J connectivity index is 1.71. The maximum atomic E-state index is 12.7. The van der Waals surface area contributed by atoms with Gasteiger partial charge in [0, 0.05) is 0 Å². The van der Waals surface area contributed by atoms with Gasteiger partial charge in [0.05, 0.1) is 43.7 Å². The lowest BCUT2D eigenvalue weighted by atomic mass is 10.1. The highest BCUT2D eigenvalue weighted by molar-refractivity contribution is 6.33. The van der Waals surface area contributed by atoms with Crippen LogP contribution in [0.25, 0.3) is 0 Å². The second-order valence-electron chi connectivity index (χ2n) is 7.06. The van der Waals surface area contributed by atoms with Crippen molar-refractivity contribution in [2.45, 2.75) is 6.92 Å². The Morgan fingerprint density at radius 3 is 2.26 bits per heavy atom. The second kappa shape index (κ2) is 11.2. The van der Waals surface area contributed by atoms with Gasteiger partial charge in [0.1, 0.15) is 5.75 Å². The number of hydrazone groups is 1. The standard InChI is InChI=1S/C25H23ClN2O6/c1-15-8-9-19(20(26)10-15)24(29)28-27-14-16-6-5-7-18(11-16)34-25(30)17-12-21(31-2)23(33-4)22(13-17)32-3/h5-14H,1-4H3,(H,28,29)/b27-14+. The molecule has 0 saturated carbocycles. The van der Waals surface area contributed by atoms with E-state index in [0.29, 0.717) is 33.4 Å². The predicted octanol–water partition coefficient (Wildman–Crippen LogP) is 4.66. The molecule has 8 nitrogen and oxygen atoms in total. The van der Waals surface area contributed by atoms with Gasteiger partial charge in [-0.3, -0.25) is 4.79 Å². The van der Waals surface area contributed by atoms with Crippen molar-refractivity contribution in [1.82, 2.24) is 5.43 Å². The average molecular weight is 483 g/mol. The van der Waals surface area contributed by atoms with Gasteiger partial charge in [0.15, 0.2) is 11.5 Å². The van der Waals surface area contributed by atoms with Gasteiger partial charge in [-0.05, 0) is 54.4 Å². The fraction of sp³-hybridized carbons (Fsp3) is 0.160. The van der Waals surface area contributed by atoms with Crippen LogP contribution in [-0.2, 0) is 0 Å². The Morgan fingerprint density at radius 1 is 0.941 bits per heavy atom. The molecule has 176 valence electrons. The first-order valence-corrected chi connectivity index (χ1v) is 10.5. The van der Waals surface area contributed by atoms with Crippen LogP contribution in [0, 0.1) is 6.92 Å². The van der Waals surface area contributed by atoms with Crippen LogP contribution in [0.4, 0.5) is 0 Å². The van der Waals surface area contributed by atoms with Gasteiger partial charge in [0.2, 0.25) is 5.75 Å². The lowest BCUT2D eigenvalue weighted by Crippen LogP contribution is -2.18. The molecule has 0 bridgehead atoms. The largest absolute Gasteiger partial charge is 0.493 e. The molecule has 1 amide bonds. The number of carbonyl (C=O) groups is 2. The van der Waals surface area contributed by atoms with Crippen molar-refractivity contribution < 1.29 is 28.5 Å². The van der Waals surface area contributed by atoms with Crippen LogP contribution in [0.1, 0.15) is 31.8 Å². The summed E-state index contributed by atoms with van der Waals surface area (Å²) in [6.45, 7) is 1.88. The summed E-state index contributed by atoms with van der Waals surface area (Å²) < 4.78 is 21.3. The molecule has 0 spiro atoms. The van der Waals surface area contributed by atoms with Crippen molar-refractivity contribution in [1.29, 1.82) is 0 Å². The lowest BCUT2D eigenvalue weighted by Gasteiger charge is -2.13. The van der Waals surface area contributed by atoms with Crippen molar-refractivity contribution in [2.75, 3.05) is 21.3 Å². The van der Waals surface area contributed by atoms with Crippen molar-refractivity contribution in [3.63, 3.8) is 0 Å². The van der Waals surface area contributed by atoms with E-state index in [-0.39, 0.29) is 11.3 Å². The zero-order chi connectivity index (χ0) is 24.7. The Labute approximate surface area is 202 Å². The predicted molar refractivity (Wildman–Crippen MR) is 129 cm³/mol. The quantitative estimate of drug-likeness (QED) is 0.217. The fourth-order valence-electron chi connectivity index (χ4n) is 3.05. The average Bonchev–Trinajstić information content (AvgIpc) is 2.83. The highest BCUT2D eigenvalue weighted by Crippen LogP contribution is 2.38. The first-order chi connectivity index (χ1) is 16.4. The van der Waals surface area contributed by atoms with E-state index in [2.05, 4.69) is 10.5 Å². The summed E-state index contributed by atoms with van der Waals surface area (Å²) in [5.41, 5.74) is 4.51. The number of rotatable bonds is 8. The number of benzene rings is 3. The van der Waals surface area contributed by atoms with E-state index in [4.69, 9.17) is 30.5 Å². The van der Waals surface area contributed by atoms with Crippen LogP contribution in [0.15, 0.2) is 59.7 Å². The molecule has 0 aliphatic carbocycles. The maximum Gasteiger partial charge on any atom is 0.343 e. The molecule has 9 heteroatoms. The zero-order valence-electron chi connectivity index (χ0n) is 19.0. The van der Waals surface area contributed by atoms with Gasteiger partial charge in [-0.1, -0.05) is 29.8 Å². The first-order valence-electron chi connectivity index (χ1n) is 10.1. The zero-order valence-corrected chi connectivity index (χ0v) is 19.8. The van der Waals surface area contributed by atoms with Crippen LogP contribution >= 0.6 is 11.6 Å². The summed E-state index contributed by atoms with van der Waals surface area (Å²) in [6.07, 6.45) is 1.43. The van der Waals surface area contributed by atoms with E-state index in [1.165, 1.54) is 39.7 Å². The van der Waals surface area contributed by atoms with Crippen molar-refractivity contribution in [3.05, 3.63) is 81.9 Å². The third kappa shape index (κ3) is 5.85. The van der Waals surface area contributed by atoms with Gasteiger partial charge < -0.3 is 18.9 Å². The molecule has 0 aromatic heterocycles. The SMILES string of the molecule is COc1cc(C(=O)Oc2cccc(/C=N/NC(=O)c3ccc(C)cc3Cl)c2)cc(OC)c1OC. The van der Waals surface area contributed by atoms with Crippen LogP contribution in [0.2, 0.25) is 5.02 Å². The molecular formula is C25H23ClN2O6. The van der Waals surface area contributed by atoms with Gasteiger partial charge in [0.25, 0.3) is 5.91 Å². The molecule has 0 radical (unpaired) electrons. The molecule has 0 aliphatic rings. The highest BCUT2D eigenvalue weighted by atomic mass is 35.5. The molecule has 3 aromatic carbocycles. The van der Waals surface area contributed by atoms with E-state index < -0.39 is 11.9 Å². The molecule has 0 unspecified atom stereocenters. The second-order valence-corrected chi connectivity index (χ2v) is 7.47. The molecule has 0 atom stereocenters. The molecule has 34 heavy (non-hydrogen) atoms. The molecule has 0 fully saturated rings. The van der Waals surface area contributed by atoms with Gasteiger partial charge in [-0.25, -0.2) is 10.2 Å². The monoisotopic (exact) mass is 482 g/mol. The number of amides is 1. The number of nitrogens with one attached hydrogen (secondary N) is 1. The first kappa shape index (κ1) is 24.6. The van der Waals surface area contributed by atoms with E-state index in [0.717, 1.165) is 5.56 Å².